The SMILES string of the molecule is CCCCCCCCC1=Nc2sc(OCCCCCC)cc2C(=O)C1. The summed E-state index contributed by atoms with van der Waals surface area (Å²) in [5, 5.41) is 1.71. The van der Waals surface area contributed by atoms with Gasteiger partial charge < -0.3 is 4.74 Å². The number of ketones is 1. The van der Waals surface area contributed by atoms with Gasteiger partial charge in [-0.15, -0.1) is 0 Å². The number of carbonyl (C=O) groups is 1. The van der Waals surface area contributed by atoms with Crippen LogP contribution < -0.4 is 4.74 Å². The summed E-state index contributed by atoms with van der Waals surface area (Å²) >= 11 is 1.53. The maximum Gasteiger partial charge on any atom is 0.176 e. The van der Waals surface area contributed by atoms with Gasteiger partial charge in [0, 0.05) is 18.2 Å². The highest BCUT2D eigenvalue weighted by atomic mass is 32.1. The number of fused-ring (bicyclic) bond motifs is 1. The maximum atomic E-state index is 12.4. The third kappa shape index (κ3) is 6.93. The Bertz CT molecular complexity index is 562. The number of nitrogens with zero attached hydrogens (tertiary/aromatic N) is 1. The van der Waals surface area contributed by atoms with Gasteiger partial charge in [0.05, 0.1) is 12.2 Å². The van der Waals surface area contributed by atoms with Gasteiger partial charge in [0.15, 0.2) is 10.8 Å². The summed E-state index contributed by atoms with van der Waals surface area (Å²) in [7, 11) is 0. The molecule has 0 unspecified atom stereocenters. The minimum atomic E-state index is 0.211. The van der Waals surface area contributed by atoms with Crippen LogP contribution in [0.2, 0.25) is 0 Å². The van der Waals surface area contributed by atoms with Crippen LogP contribution in [-0.2, 0) is 0 Å². The topological polar surface area (TPSA) is 38.7 Å². The van der Waals surface area contributed by atoms with Crippen LogP contribution in [0.5, 0.6) is 5.06 Å². The fourth-order valence-corrected chi connectivity index (χ4v) is 4.10. The van der Waals surface area contributed by atoms with E-state index in [1.807, 2.05) is 6.07 Å². The summed E-state index contributed by atoms with van der Waals surface area (Å²) in [6.45, 7) is 5.19. The first-order chi connectivity index (χ1) is 12.2. The Morgan fingerprint density at radius 2 is 1.68 bits per heavy atom. The van der Waals surface area contributed by atoms with E-state index in [1.165, 1.54) is 62.7 Å². The van der Waals surface area contributed by atoms with Gasteiger partial charge >= 0.3 is 0 Å². The number of rotatable bonds is 13. The van der Waals surface area contributed by atoms with Crippen molar-refractivity contribution >= 4 is 27.8 Å². The molecule has 0 atom stereocenters. The monoisotopic (exact) mass is 363 g/mol. The Morgan fingerprint density at radius 3 is 2.44 bits per heavy atom. The quantitative estimate of drug-likeness (QED) is 0.350. The molecule has 0 N–H and O–H groups in total. The highest BCUT2D eigenvalue weighted by Crippen LogP contribution is 2.40. The highest BCUT2D eigenvalue weighted by molar-refractivity contribution is 7.18. The Balaban J connectivity index is 1.79. The molecule has 1 aromatic heterocycles. The summed E-state index contributed by atoms with van der Waals surface area (Å²) in [4.78, 5) is 17.1. The van der Waals surface area contributed by atoms with E-state index >= 15 is 0 Å². The Labute approximate surface area is 156 Å². The minimum absolute atomic E-state index is 0.211. The van der Waals surface area contributed by atoms with E-state index in [1.54, 1.807) is 0 Å². The third-order valence-electron chi connectivity index (χ3n) is 4.68. The van der Waals surface area contributed by atoms with Crippen LogP contribution >= 0.6 is 11.3 Å². The lowest BCUT2D eigenvalue weighted by molar-refractivity contribution is 0.0999. The molecule has 2 rings (SSSR count). The van der Waals surface area contributed by atoms with Crippen molar-refractivity contribution in [2.75, 3.05) is 6.61 Å². The number of unbranched alkanes of at least 4 members (excludes halogenated alkanes) is 8. The molecule has 1 aliphatic rings. The normalized spacial score (nSPS) is 13.7. The molecule has 0 radical (unpaired) electrons. The van der Waals surface area contributed by atoms with Crippen LogP contribution in [0, 0.1) is 0 Å². The number of carbonyl (C=O) groups excluding carboxylic acids is 1. The average molecular weight is 364 g/mol. The third-order valence-corrected chi connectivity index (χ3v) is 5.62. The number of aliphatic imine (C=N–C) groups is 1. The van der Waals surface area contributed by atoms with Crippen molar-refractivity contribution in [2.24, 2.45) is 4.99 Å². The molecule has 2 heterocycles. The van der Waals surface area contributed by atoms with Crippen LogP contribution in [0.15, 0.2) is 11.1 Å². The molecule has 25 heavy (non-hydrogen) atoms. The van der Waals surface area contributed by atoms with E-state index in [-0.39, 0.29) is 5.78 Å². The minimum Gasteiger partial charge on any atom is -0.484 e. The van der Waals surface area contributed by atoms with Crippen molar-refractivity contribution in [3.05, 3.63) is 11.6 Å². The van der Waals surface area contributed by atoms with E-state index in [0.29, 0.717) is 6.42 Å². The molecule has 0 saturated heterocycles. The van der Waals surface area contributed by atoms with Gasteiger partial charge in [-0.25, -0.2) is 4.99 Å². The largest absolute Gasteiger partial charge is 0.484 e. The second kappa shape index (κ2) is 11.5. The molecule has 3 nitrogen and oxygen atoms in total. The summed E-state index contributed by atoms with van der Waals surface area (Å²) in [6, 6.07) is 1.90. The number of hydrogen-bond donors (Lipinski definition) is 0. The zero-order valence-electron chi connectivity index (χ0n) is 15.9. The lowest BCUT2D eigenvalue weighted by Crippen LogP contribution is -2.11. The zero-order chi connectivity index (χ0) is 17.9. The first-order valence-corrected chi connectivity index (χ1v) is 10.9. The number of hydrogen-bond acceptors (Lipinski definition) is 4. The predicted molar refractivity (Wildman–Crippen MR) is 108 cm³/mol. The summed E-state index contributed by atoms with van der Waals surface area (Å²) in [6.07, 6.45) is 13.9. The van der Waals surface area contributed by atoms with Crippen LogP contribution in [0.25, 0.3) is 0 Å². The van der Waals surface area contributed by atoms with Gasteiger partial charge in [-0.3, -0.25) is 4.79 Å². The van der Waals surface area contributed by atoms with Gasteiger partial charge in [-0.1, -0.05) is 76.6 Å². The average Bonchev–Trinajstić information content (AvgIpc) is 3.01. The molecule has 140 valence electrons. The molecule has 4 heteroatoms. The first kappa shape index (κ1) is 20.2. The molecule has 0 spiro atoms. The Kier molecular flexibility index (Phi) is 9.23. The lowest BCUT2D eigenvalue weighted by Gasteiger charge is -2.10. The van der Waals surface area contributed by atoms with Crippen molar-refractivity contribution in [3.8, 4) is 5.06 Å². The van der Waals surface area contributed by atoms with Gasteiger partial charge in [-0.05, 0) is 19.3 Å². The van der Waals surface area contributed by atoms with E-state index in [9.17, 15) is 4.79 Å². The van der Waals surface area contributed by atoms with Crippen molar-refractivity contribution in [1.82, 2.24) is 0 Å². The van der Waals surface area contributed by atoms with Crippen molar-refractivity contribution < 1.29 is 9.53 Å². The number of Topliss-reactive ketones (excluding diaryl/α,β-unsaturated/α-hetero) is 1. The van der Waals surface area contributed by atoms with Crippen LogP contribution in [-0.4, -0.2) is 18.1 Å². The van der Waals surface area contributed by atoms with Gasteiger partial charge in [0.25, 0.3) is 0 Å². The predicted octanol–water partition coefficient (Wildman–Crippen LogP) is 7.12. The van der Waals surface area contributed by atoms with Crippen LogP contribution in [0.1, 0.15) is 101 Å². The summed E-state index contributed by atoms with van der Waals surface area (Å²) < 4.78 is 5.82. The smallest absolute Gasteiger partial charge is 0.176 e. The second-order valence-electron chi connectivity index (χ2n) is 6.99. The molecular weight excluding hydrogens is 330 g/mol. The van der Waals surface area contributed by atoms with E-state index in [4.69, 9.17) is 9.73 Å². The van der Waals surface area contributed by atoms with E-state index < -0.39 is 0 Å². The molecule has 0 bridgehead atoms. The van der Waals surface area contributed by atoms with Crippen molar-refractivity contribution in [3.63, 3.8) is 0 Å². The van der Waals surface area contributed by atoms with Gasteiger partial charge in [0.1, 0.15) is 5.00 Å². The lowest BCUT2D eigenvalue weighted by atomic mass is 10.00. The second-order valence-corrected chi connectivity index (χ2v) is 7.98. The first-order valence-electron chi connectivity index (χ1n) is 10.1. The summed E-state index contributed by atoms with van der Waals surface area (Å²) in [5.41, 5.74) is 1.82. The van der Waals surface area contributed by atoms with Gasteiger partial charge in [-0.2, -0.15) is 0 Å². The fraction of sp³-hybridized carbons (Fsp3) is 0.714. The molecule has 0 aliphatic carbocycles. The molecule has 0 aromatic carbocycles. The van der Waals surface area contributed by atoms with Crippen molar-refractivity contribution in [1.29, 1.82) is 0 Å². The number of ether oxygens (including phenoxy) is 1. The van der Waals surface area contributed by atoms with Gasteiger partial charge in [0.2, 0.25) is 0 Å². The zero-order valence-corrected chi connectivity index (χ0v) is 16.8. The molecular formula is C21H33NO2S. The van der Waals surface area contributed by atoms with Crippen LogP contribution in [0.3, 0.4) is 0 Å². The van der Waals surface area contributed by atoms with E-state index in [2.05, 4.69) is 13.8 Å². The summed E-state index contributed by atoms with van der Waals surface area (Å²) in [5.74, 6) is 0.211. The molecule has 0 amide bonds. The van der Waals surface area contributed by atoms with E-state index in [0.717, 1.165) is 47.2 Å². The maximum absolute atomic E-state index is 12.4. The molecule has 0 fully saturated rings. The molecule has 0 saturated carbocycles. The Hall–Kier alpha value is -1.16. The number of thiophene rings is 1. The molecule has 1 aromatic rings. The fourth-order valence-electron chi connectivity index (χ4n) is 3.13. The van der Waals surface area contributed by atoms with Crippen LogP contribution in [0.4, 0.5) is 5.00 Å². The van der Waals surface area contributed by atoms with Crippen molar-refractivity contribution in [2.45, 2.75) is 90.9 Å². The molecule has 1 aliphatic heterocycles. The Morgan fingerprint density at radius 1 is 1.00 bits per heavy atom. The standard InChI is InChI=1S/C21H33NO2S/c1-3-5-7-9-10-11-13-17-15-19(23)18-16-20(25-21(18)22-17)24-14-12-8-6-4-2/h16H,3-15H2,1-2H3. The highest BCUT2D eigenvalue weighted by Gasteiger charge is 2.23.